The highest BCUT2D eigenvalue weighted by molar-refractivity contribution is 8.01. The van der Waals surface area contributed by atoms with E-state index in [4.69, 9.17) is 4.74 Å². The number of hydrogen-bond acceptors (Lipinski definition) is 6. The fourth-order valence-electron chi connectivity index (χ4n) is 3.22. The van der Waals surface area contributed by atoms with Crippen LogP contribution in [0.3, 0.4) is 0 Å². The lowest BCUT2D eigenvalue weighted by Gasteiger charge is -2.38. The van der Waals surface area contributed by atoms with Crippen LogP contribution >= 0.6 is 23.1 Å². The number of aromatic nitrogens is 1. The van der Waals surface area contributed by atoms with E-state index >= 15 is 0 Å². The van der Waals surface area contributed by atoms with Crippen LogP contribution in [-0.2, 0) is 9.53 Å². The van der Waals surface area contributed by atoms with Gasteiger partial charge in [-0.1, -0.05) is 42.1 Å². The van der Waals surface area contributed by atoms with Gasteiger partial charge in [0.15, 0.2) is 4.34 Å². The molecule has 0 spiro atoms. The minimum absolute atomic E-state index is 0.0154. The summed E-state index contributed by atoms with van der Waals surface area (Å²) in [6, 6.07) is 10.6. The fraction of sp³-hybridized carbons (Fsp3) is 0.474. The van der Waals surface area contributed by atoms with Crippen LogP contribution in [0.5, 0.6) is 0 Å². The number of aryl methyl sites for hydroxylation is 1. The van der Waals surface area contributed by atoms with Gasteiger partial charge < -0.3 is 10.1 Å². The molecule has 0 unspecified atom stereocenters. The van der Waals surface area contributed by atoms with E-state index in [0.29, 0.717) is 5.75 Å². The molecule has 1 N–H and O–H groups in total. The molecule has 5 nitrogen and oxygen atoms in total. The molecule has 1 fully saturated rings. The predicted molar refractivity (Wildman–Crippen MR) is 107 cm³/mol. The van der Waals surface area contributed by atoms with E-state index < -0.39 is 0 Å². The lowest BCUT2D eigenvalue weighted by atomic mass is 9.98. The zero-order chi connectivity index (χ0) is 18.4. The molecule has 26 heavy (non-hydrogen) atoms. The maximum atomic E-state index is 12.5. The molecular formula is C19H25N3O2S2. The van der Waals surface area contributed by atoms with Gasteiger partial charge in [-0.25, -0.2) is 4.98 Å². The first kappa shape index (κ1) is 19.4. The largest absolute Gasteiger partial charge is 0.379 e. The maximum Gasteiger partial charge on any atom is 0.230 e. The number of nitrogens with zero attached hydrogens (tertiary/aromatic N) is 2. The second kappa shape index (κ2) is 9.50. The van der Waals surface area contributed by atoms with E-state index in [1.165, 1.54) is 17.3 Å². The standard InChI is InChI=1S/C19H25N3O2S2/c1-14-12-25-19(20-14)26-13-17(23)21-15(2)18(16-6-4-3-5-7-16)22-8-10-24-11-9-22/h3-7,12,15,18H,8-11,13H2,1-2H3,(H,21,23)/t15-,18+/m0/s1. The molecule has 0 bridgehead atoms. The number of thioether (sulfide) groups is 1. The number of ether oxygens (including phenoxy) is 1. The molecule has 7 heteroatoms. The number of nitrogens with one attached hydrogen (secondary N) is 1. The predicted octanol–water partition coefficient (Wildman–Crippen LogP) is 3.12. The molecule has 1 saturated heterocycles. The molecule has 1 amide bonds. The minimum atomic E-state index is 0.0154. The summed E-state index contributed by atoms with van der Waals surface area (Å²) in [6.45, 7) is 7.30. The first-order valence-electron chi connectivity index (χ1n) is 8.84. The highest BCUT2D eigenvalue weighted by atomic mass is 32.2. The van der Waals surface area contributed by atoms with Crippen molar-refractivity contribution in [3.05, 3.63) is 47.0 Å². The molecule has 2 atom stereocenters. The van der Waals surface area contributed by atoms with Crippen molar-refractivity contribution in [3.8, 4) is 0 Å². The second-order valence-corrected chi connectivity index (χ2v) is 8.48. The van der Waals surface area contributed by atoms with Crippen molar-refractivity contribution in [2.75, 3.05) is 32.1 Å². The summed E-state index contributed by atoms with van der Waals surface area (Å²) in [6.07, 6.45) is 0. The molecule has 140 valence electrons. The van der Waals surface area contributed by atoms with Crippen molar-refractivity contribution in [2.24, 2.45) is 0 Å². The summed E-state index contributed by atoms with van der Waals surface area (Å²) in [4.78, 5) is 19.3. The van der Waals surface area contributed by atoms with Crippen LogP contribution in [0.1, 0.15) is 24.2 Å². The Morgan fingerprint density at radius 3 is 2.73 bits per heavy atom. The van der Waals surface area contributed by atoms with Gasteiger partial charge in [-0.2, -0.15) is 0 Å². The van der Waals surface area contributed by atoms with Gasteiger partial charge >= 0.3 is 0 Å². The highest BCUT2D eigenvalue weighted by Crippen LogP contribution is 2.26. The van der Waals surface area contributed by atoms with Crippen LogP contribution < -0.4 is 5.32 Å². The van der Waals surface area contributed by atoms with E-state index in [9.17, 15) is 4.79 Å². The van der Waals surface area contributed by atoms with Crippen molar-refractivity contribution >= 4 is 29.0 Å². The highest BCUT2D eigenvalue weighted by Gasteiger charge is 2.28. The zero-order valence-electron chi connectivity index (χ0n) is 15.2. The van der Waals surface area contributed by atoms with Crippen LogP contribution in [0.4, 0.5) is 0 Å². The van der Waals surface area contributed by atoms with Gasteiger partial charge in [0.05, 0.1) is 25.0 Å². The SMILES string of the molecule is Cc1csc(SCC(=O)N[C@@H](C)[C@H](c2ccccc2)N2CCOCC2)n1. The molecule has 0 radical (unpaired) electrons. The number of morpholine rings is 1. The van der Waals surface area contributed by atoms with Crippen LogP contribution in [0.15, 0.2) is 40.1 Å². The third-order valence-corrected chi connectivity index (χ3v) is 6.51. The summed E-state index contributed by atoms with van der Waals surface area (Å²) in [5, 5.41) is 5.19. The molecule has 0 aliphatic carbocycles. The maximum absolute atomic E-state index is 12.5. The Hall–Kier alpha value is -1.41. The zero-order valence-corrected chi connectivity index (χ0v) is 16.8. The number of thiazole rings is 1. The number of rotatable bonds is 7. The van der Waals surface area contributed by atoms with E-state index in [2.05, 4.69) is 46.4 Å². The topological polar surface area (TPSA) is 54.5 Å². The Kier molecular flexibility index (Phi) is 7.07. The Morgan fingerprint density at radius 2 is 2.08 bits per heavy atom. The van der Waals surface area contributed by atoms with Gasteiger partial charge in [0.25, 0.3) is 0 Å². The number of carbonyl (C=O) groups is 1. The van der Waals surface area contributed by atoms with Gasteiger partial charge in [-0.3, -0.25) is 9.69 Å². The third kappa shape index (κ3) is 5.30. The van der Waals surface area contributed by atoms with Gasteiger partial charge in [0.2, 0.25) is 5.91 Å². The summed E-state index contributed by atoms with van der Waals surface area (Å²) in [5.74, 6) is 0.437. The van der Waals surface area contributed by atoms with Gasteiger partial charge in [0, 0.05) is 30.2 Å². The van der Waals surface area contributed by atoms with Crippen molar-refractivity contribution in [3.63, 3.8) is 0 Å². The molecule has 3 rings (SSSR count). The lowest BCUT2D eigenvalue weighted by molar-refractivity contribution is -0.119. The van der Waals surface area contributed by atoms with Crippen molar-refractivity contribution in [1.82, 2.24) is 15.2 Å². The average molecular weight is 392 g/mol. The van der Waals surface area contributed by atoms with Gasteiger partial charge in [-0.15, -0.1) is 11.3 Å². The second-order valence-electron chi connectivity index (χ2n) is 6.40. The summed E-state index contributed by atoms with van der Waals surface area (Å²) >= 11 is 3.08. The summed E-state index contributed by atoms with van der Waals surface area (Å²) in [7, 11) is 0. The Balaban J connectivity index is 1.62. The molecule has 2 aromatic rings. The molecule has 1 aliphatic rings. The van der Waals surface area contributed by atoms with Crippen LogP contribution in [0.25, 0.3) is 0 Å². The normalized spacial score (nSPS) is 17.6. The van der Waals surface area contributed by atoms with Crippen LogP contribution in [0, 0.1) is 6.92 Å². The van der Waals surface area contributed by atoms with E-state index in [1.54, 1.807) is 11.3 Å². The number of hydrogen-bond donors (Lipinski definition) is 1. The smallest absolute Gasteiger partial charge is 0.230 e. The number of benzene rings is 1. The summed E-state index contributed by atoms with van der Waals surface area (Å²) in [5.41, 5.74) is 2.23. The first-order valence-corrected chi connectivity index (χ1v) is 10.7. The van der Waals surface area contributed by atoms with E-state index in [-0.39, 0.29) is 18.0 Å². The molecule has 2 heterocycles. The first-order chi connectivity index (χ1) is 12.6. The summed E-state index contributed by atoms with van der Waals surface area (Å²) < 4.78 is 6.44. The fourth-order valence-corrected chi connectivity index (χ4v) is 4.88. The van der Waals surface area contributed by atoms with Crippen LogP contribution in [0.2, 0.25) is 0 Å². The van der Waals surface area contributed by atoms with E-state index in [0.717, 1.165) is 36.3 Å². The quantitative estimate of drug-likeness (QED) is 0.735. The molecule has 0 saturated carbocycles. The third-order valence-electron chi connectivity index (χ3n) is 4.37. The molecule has 1 aliphatic heterocycles. The molecular weight excluding hydrogens is 366 g/mol. The van der Waals surface area contributed by atoms with Crippen LogP contribution in [-0.4, -0.2) is 53.9 Å². The Bertz CT molecular complexity index is 702. The minimum Gasteiger partial charge on any atom is -0.379 e. The van der Waals surface area contributed by atoms with E-state index in [1.807, 2.05) is 18.4 Å². The Labute approximate surface area is 163 Å². The molecule has 1 aromatic heterocycles. The van der Waals surface area contributed by atoms with Crippen molar-refractivity contribution < 1.29 is 9.53 Å². The number of amides is 1. The van der Waals surface area contributed by atoms with Gasteiger partial charge in [-0.05, 0) is 19.4 Å². The average Bonchev–Trinajstić information content (AvgIpc) is 3.07. The Morgan fingerprint density at radius 1 is 1.35 bits per heavy atom. The van der Waals surface area contributed by atoms with Gasteiger partial charge in [0.1, 0.15) is 0 Å². The van der Waals surface area contributed by atoms with Crippen molar-refractivity contribution in [2.45, 2.75) is 30.3 Å². The monoisotopic (exact) mass is 391 g/mol. The lowest BCUT2D eigenvalue weighted by Crippen LogP contribution is -2.48. The molecule has 1 aromatic carbocycles. The van der Waals surface area contributed by atoms with Crippen molar-refractivity contribution in [1.29, 1.82) is 0 Å². The number of carbonyl (C=O) groups excluding carboxylic acids is 1.